The van der Waals surface area contributed by atoms with E-state index in [1.54, 1.807) is 54.9 Å². The number of non-ortho nitro benzene ring substituents is 1. The zero-order valence-corrected chi connectivity index (χ0v) is 14.9. The maximum atomic E-state index is 11.5. The van der Waals surface area contributed by atoms with E-state index in [9.17, 15) is 20.2 Å². The highest BCUT2D eigenvalue weighted by atomic mass is 16.6. The minimum Gasteiger partial charge on any atom is -0.358 e. The molecule has 2 heterocycles. The monoisotopic (exact) mass is 390 g/mol. The van der Waals surface area contributed by atoms with Crippen molar-refractivity contribution in [3.8, 4) is 0 Å². The number of hydrogen-bond acceptors (Lipinski definition) is 7. The van der Waals surface area contributed by atoms with E-state index >= 15 is 0 Å². The van der Waals surface area contributed by atoms with Crippen LogP contribution in [0.2, 0.25) is 0 Å². The molecule has 0 radical (unpaired) electrons. The molecule has 1 atom stereocenters. The molecule has 10 heteroatoms. The van der Waals surface area contributed by atoms with Crippen LogP contribution in [-0.4, -0.2) is 24.6 Å². The highest BCUT2D eigenvalue weighted by molar-refractivity contribution is 5.87. The van der Waals surface area contributed by atoms with Crippen LogP contribution in [0.25, 0.3) is 10.9 Å². The Bertz CT molecular complexity index is 1190. The molecule has 29 heavy (non-hydrogen) atoms. The van der Waals surface area contributed by atoms with Gasteiger partial charge in [-0.1, -0.05) is 18.2 Å². The average Bonchev–Trinajstić information content (AvgIpc) is 3.13. The molecule has 0 saturated heterocycles. The summed E-state index contributed by atoms with van der Waals surface area (Å²) in [5.41, 5.74) is 1.84. The normalized spacial score (nSPS) is 11.9. The van der Waals surface area contributed by atoms with E-state index < -0.39 is 16.0 Å². The molecular weight excluding hydrogens is 376 g/mol. The molecule has 0 bridgehead atoms. The first-order valence-electron chi connectivity index (χ1n) is 8.57. The molecule has 4 aromatic rings. The van der Waals surface area contributed by atoms with Crippen LogP contribution in [0, 0.1) is 20.2 Å². The Kier molecular flexibility index (Phi) is 4.57. The van der Waals surface area contributed by atoms with Crippen molar-refractivity contribution in [2.24, 2.45) is 0 Å². The van der Waals surface area contributed by atoms with Gasteiger partial charge in [-0.15, -0.1) is 4.68 Å². The second-order valence-corrected chi connectivity index (χ2v) is 6.18. The van der Waals surface area contributed by atoms with Gasteiger partial charge in [0.1, 0.15) is 10.9 Å². The third kappa shape index (κ3) is 3.46. The van der Waals surface area contributed by atoms with Crippen molar-refractivity contribution < 1.29 is 9.85 Å². The molecule has 144 valence electrons. The van der Waals surface area contributed by atoms with Crippen molar-refractivity contribution >= 4 is 28.1 Å². The molecule has 2 aromatic heterocycles. The summed E-state index contributed by atoms with van der Waals surface area (Å²) in [7, 11) is 0. The van der Waals surface area contributed by atoms with E-state index in [1.165, 1.54) is 16.8 Å². The van der Waals surface area contributed by atoms with Crippen LogP contribution >= 0.6 is 0 Å². The van der Waals surface area contributed by atoms with Crippen LogP contribution in [0.4, 0.5) is 17.2 Å². The van der Waals surface area contributed by atoms with E-state index in [1.807, 2.05) is 6.07 Å². The number of pyridine rings is 1. The van der Waals surface area contributed by atoms with Gasteiger partial charge in [-0.05, 0) is 35.3 Å². The number of benzene rings is 2. The Hall–Kier alpha value is -4.34. The highest BCUT2D eigenvalue weighted by Gasteiger charge is 2.27. The average molecular weight is 390 g/mol. The van der Waals surface area contributed by atoms with Gasteiger partial charge in [-0.3, -0.25) is 15.1 Å². The molecule has 0 fully saturated rings. The minimum absolute atomic E-state index is 0.0337. The molecule has 0 spiro atoms. The quantitative estimate of drug-likeness (QED) is 0.390. The first-order chi connectivity index (χ1) is 14.0. The standard InChI is InChI=1S/C19H14N6O4/c26-24(27)15-9-7-14(8-10-15)21-18(13-4-3-11-20-12-13)23-17-6-2-1-5-16(17)19(22-23)25(28)29/h1-12,18,21H. The molecule has 2 aromatic carbocycles. The second kappa shape index (κ2) is 7.35. The lowest BCUT2D eigenvalue weighted by atomic mass is 10.2. The summed E-state index contributed by atoms with van der Waals surface area (Å²) >= 11 is 0. The van der Waals surface area contributed by atoms with Crippen molar-refractivity contribution in [2.75, 3.05) is 5.32 Å². The zero-order chi connectivity index (χ0) is 20.4. The predicted octanol–water partition coefficient (Wildman–Crippen LogP) is 3.91. The van der Waals surface area contributed by atoms with Gasteiger partial charge in [0.05, 0.1) is 10.0 Å². The van der Waals surface area contributed by atoms with E-state index in [-0.39, 0.29) is 11.5 Å². The molecule has 0 aliphatic carbocycles. The molecule has 10 nitrogen and oxygen atoms in total. The lowest BCUT2D eigenvalue weighted by Crippen LogP contribution is -2.21. The number of hydrogen-bond donors (Lipinski definition) is 1. The summed E-state index contributed by atoms with van der Waals surface area (Å²) in [4.78, 5) is 25.5. The van der Waals surface area contributed by atoms with Crippen LogP contribution < -0.4 is 5.32 Å². The number of anilines is 1. The Labute approximate surface area is 163 Å². The number of fused-ring (bicyclic) bond motifs is 1. The molecule has 1 N–H and O–H groups in total. The summed E-state index contributed by atoms with van der Waals surface area (Å²) in [6.07, 6.45) is 2.63. The maximum Gasteiger partial charge on any atom is 0.397 e. The van der Waals surface area contributed by atoms with Crippen molar-refractivity contribution in [2.45, 2.75) is 6.17 Å². The third-order valence-corrected chi connectivity index (χ3v) is 4.39. The van der Waals surface area contributed by atoms with Crippen molar-refractivity contribution in [1.82, 2.24) is 14.8 Å². The summed E-state index contributed by atoms with van der Waals surface area (Å²) in [5, 5.41) is 30.2. The number of para-hydroxylation sites is 1. The van der Waals surface area contributed by atoms with Gasteiger partial charge >= 0.3 is 5.82 Å². The van der Waals surface area contributed by atoms with Crippen molar-refractivity contribution in [3.63, 3.8) is 0 Å². The van der Waals surface area contributed by atoms with E-state index in [0.29, 0.717) is 22.2 Å². The van der Waals surface area contributed by atoms with Gasteiger partial charge in [-0.2, -0.15) is 0 Å². The summed E-state index contributed by atoms with van der Waals surface area (Å²) < 4.78 is 1.52. The summed E-state index contributed by atoms with van der Waals surface area (Å²) in [6, 6.07) is 16.3. The number of nitro groups is 2. The molecule has 0 aliphatic rings. The van der Waals surface area contributed by atoms with E-state index in [0.717, 1.165) is 0 Å². The number of nitrogens with zero attached hydrogens (tertiary/aromatic N) is 5. The van der Waals surface area contributed by atoms with Gasteiger partial charge < -0.3 is 15.4 Å². The Morgan fingerprint density at radius 3 is 2.34 bits per heavy atom. The fourth-order valence-electron chi connectivity index (χ4n) is 3.06. The van der Waals surface area contributed by atoms with Gasteiger partial charge in [0.15, 0.2) is 6.17 Å². The first kappa shape index (κ1) is 18.0. The minimum atomic E-state index is -0.622. The number of rotatable bonds is 6. The first-order valence-corrected chi connectivity index (χ1v) is 8.57. The van der Waals surface area contributed by atoms with Crippen LogP contribution in [0.5, 0.6) is 0 Å². The Morgan fingerprint density at radius 1 is 0.931 bits per heavy atom. The van der Waals surface area contributed by atoms with Gasteiger partial charge in [-0.25, -0.2) is 0 Å². The summed E-state index contributed by atoms with van der Waals surface area (Å²) in [6.45, 7) is 0. The van der Waals surface area contributed by atoms with Gasteiger partial charge in [0, 0.05) is 35.8 Å². The van der Waals surface area contributed by atoms with E-state index in [4.69, 9.17) is 0 Å². The fourth-order valence-corrected chi connectivity index (χ4v) is 3.06. The van der Waals surface area contributed by atoms with Gasteiger partial charge in [0.2, 0.25) is 0 Å². The van der Waals surface area contributed by atoms with Crippen molar-refractivity contribution in [3.05, 3.63) is 98.8 Å². The lowest BCUT2D eigenvalue weighted by molar-refractivity contribution is -0.388. The number of nitrogens with one attached hydrogen (secondary N) is 1. The molecule has 0 amide bonds. The molecule has 0 saturated carbocycles. The Balaban J connectivity index is 1.83. The van der Waals surface area contributed by atoms with Crippen LogP contribution in [-0.2, 0) is 0 Å². The van der Waals surface area contributed by atoms with E-state index in [2.05, 4.69) is 15.4 Å². The SMILES string of the molecule is O=[N+]([O-])c1ccc(NC(c2cccnc2)n2nc([N+](=O)[O-])c3ccccc32)cc1. The molecule has 1 unspecified atom stereocenters. The summed E-state index contributed by atoms with van der Waals surface area (Å²) in [5.74, 6) is -0.250. The fraction of sp³-hybridized carbons (Fsp3) is 0.0526. The van der Waals surface area contributed by atoms with Gasteiger partial charge in [0.25, 0.3) is 5.69 Å². The molecule has 0 aliphatic heterocycles. The smallest absolute Gasteiger partial charge is 0.358 e. The van der Waals surface area contributed by atoms with Crippen LogP contribution in [0.15, 0.2) is 73.1 Å². The maximum absolute atomic E-state index is 11.5. The molecular formula is C19H14N6O4. The predicted molar refractivity (Wildman–Crippen MR) is 105 cm³/mol. The van der Waals surface area contributed by atoms with Crippen LogP contribution in [0.3, 0.4) is 0 Å². The van der Waals surface area contributed by atoms with Crippen molar-refractivity contribution in [1.29, 1.82) is 0 Å². The topological polar surface area (TPSA) is 129 Å². The highest BCUT2D eigenvalue weighted by Crippen LogP contribution is 2.30. The lowest BCUT2D eigenvalue weighted by Gasteiger charge is -2.18. The second-order valence-electron chi connectivity index (χ2n) is 6.18. The number of nitro benzene ring substituents is 1. The number of aromatic nitrogens is 3. The van der Waals surface area contributed by atoms with Crippen LogP contribution in [0.1, 0.15) is 11.7 Å². The largest absolute Gasteiger partial charge is 0.397 e. The Morgan fingerprint density at radius 2 is 1.69 bits per heavy atom. The third-order valence-electron chi connectivity index (χ3n) is 4.39. The molecule has 4 rings (SSSR count). The zero-order valence-electron chi connectivity index (χ0n) is 14.9.